The molecule has 1 aromatic heterocycles. The highest BCUT2D eigenvalue weighted by Crippen LogP contribution is 2.22. The van der Waals surface area contributed by atoms with Gasteiger partial charge in [-0.3, -0.25) is 4.90 Å². The summed E-state index contributed by atoms with van der Waals surface area (Å²) in [6.07, 6.45) is 3.75. The van der Waals surface area contributed by atoms with Crippen LogP contribution < -0.4 is 0 Å². The molecule has 0 spiro atoms. The van der Waals surface area contributed by atoms with Gasteiger partial charge in [0.15, 0.2) is 0 Å². The van der Waals surface area contributed by atoms with E-state index in [1.165, 1.54) is 19.3 Å². The lowest BCUT2D eigenvalue weighted by atomic mass is 10.0. The first-order chi connectivity index (χ1) is 8.08. The molecule has 0 amide bonds. The fourth-order valence-corrected chi connectivity index (χ4v) is 2.39. The maximum atomic E-state index is 10.8. The molecule has 2 heterocycles. The van der Waals surface area contributed by atoms with E-state index < -0.39 is 5.97 Å². The van der Waals surface area contributed by atoms with Crippen LogP contribution in [0.4, 0.5) is 0 Å². The lowest BCUT2D eigenvalue weighted by molar-refractivity contribution is 0.0661. The molecule has 2 rings (SSSR count). The molecule has 1 N–H and O–H groups in total. The smallest absolute Gasteiger partial charge is 0.371 e. The van der Waals surface area contributed by atoms with Crippen molar-refractivity contribution >= 4 is 5.97 Å². The van der Waals surface area contributed by atoms with E-state index in [1.807, 2.05) is 6.92 Å². The lowest BCUT2D eigenvalue weighted by Gasteiger charge is -2.33. The standard InChI is InChI=1S/C13H19NO3/c1-9-5-3-4-6-14(9)8-11-7-12(13(15)16)17-10(11)2/h7,9H,3-6,8H2,1-2H3,(H,15,16). The molecule has 0 aliphatic carbocycles. The molecule has 94 valence electrons. The number of likely N-dealkylation sites (tertiary alicyclic amines) is 1. The Kier molecular flexibility index (Phi) is 3.52. The number of carboxylic acid groups (broad SMARTS) is 1. The van der Waals surface area contributed by atoms with Gasteiger partial charge in [0.25, 0.3) is 0 Å². The molecule has 0 bridgehead atoms. The summed E-state index contributed by atoms with van der Waals surface area (Å²) in [5.74, 6) is -0.228. The number of hydrogen-bond donors (Lipinski definition) is 1. The number of carboxylic acids is 1. The van der Waals surface area contributed by atoms with Crippen LogP contribution in [0.3, 0.4) is 0 Å². The molecule has 4 nitrogen and oxygen atoms in total. The second kappa shape index (κ2) is 4.92. The Morgan fingerprint density at radius 2 is 2.35 bits per heavy atom. The fourth-order valence-electron chi connectivity index (χ4n) is 2.39. The Morgan fingerprint density at radius 3 is 2.94 bits per heavy atom. The topological polar surface area (TPSA) is 53.7 Å². The van der Waals surface area contributed by atoms with E-state index in [4.69, 9.17) is 9.52 Å². The van der Waals surface area contributed by atoms with E-state index in [9.17, 15) is 4.79 Å². The first-order valence-electron chi connectivity index (χ1n) is 6.14. The van der Waals surface area contributed by atoms with E-state index in [2.05, 4.69) is 11.8 Å². The number of rotatable bonds is 3. The van der Waals surface area contributed by atoms with Crippen LogP contribution in [0, 0.1) is 6.92 Å². The SMILES string of the molecule is Cc1oc(C(=O)O)cc1CN1CCCCC1C. The van der Waals surface area contributed by atoms with Crippen LogP contribution >= 0.6 is 0 Å². The number of piperidine rings is 1. The molecule has 0 saturated carbocycles. The van der Waals surface area contributed by atoms with Crippen LogP contribution in [0.2, 0.25) is 0 Å². The minimum atomic E-state index is -0.994. The third-order valence-corrected chi connectivity index (χ3v) is 3.55. The van der Waals surface area contributed by atoms with Crippen LogP contribution in [-0.2, 0) is 6.54 Å². The summed E-state index contributed by atoms with van der Waals surface area (Å²) in [7, 11) is 0. The number of furan rings is 1. The van der Waals surface area contributed by atoms with Crippen molar-refractivity contribution in [2.75, 3.05) is 6.54 Å². The first kappa shape index (κ1) is 12.2. The van der Waals surface area contributed by atoms with Crippen molar-refractivity contribution < 1.29 is 14.3 Å². The summed E-state index contributed by atoms with van der Waals surface area (Å²) in [6.45, 7) is 5.95. The molecule has 17 heavy (non-hydrogen) atoms. The summed E-state index contributed by atoms with van der Waals surface area (Å²) in [5, 5.41) is 8.87. The van der Waals surface area contributed by atoms with Gasteiger partial charge in [0, 0.05) is 18.2 Å². The average Bonchev–Trinajstić information content (AvgIpc) is 2.64. The normalized spacial score (nSPS) is 21.6. The molecule has 1 unspecified atom stereocenters. The summed E-state index contributed by atoms with van der Waals surface area (Å²) < 4.78 is 5.23. The number of nitrogens with zero attached hydrogens (tertiary/aromatic N) is 1. The molecule has 1 aliphatic heterocycles. The lowest BCUT2D eigenvalue weighted by Crippen LogP contribution is -2.36. The van der Waals surface area contributed by atoms with E-state index >= 15 is 0 Å². The van der Waals surface area contributed by atoms with Crippen molar-refractivity contribution in [2.24, 2.45) is 0 Å². The van der Waals surface area contributed by atoms with Crippen molar-refractivity contribution in [2.45, 2.75) is 45.7 Å². The van der Waals surface area contributed by atoms with E-state index in [1.54, 1.807) is 6.07 Å². The van der Waals surface area contributed by atoms with E-state index in [0.717, 1.165) is 24.4 Å². The van der Waals surface area contributed by atoms with Crippen LogP contribution in [0.5, 0.6) is 0 Å². The number of hydrogen-bond acceptors (Lipinski definition) is 3. The summed E-state index contributed by atoms with van der Waals surface area (Å²) in [4.78, 5) is 13.2. The highest BCUT2D eigenvalue weighted by Gasteiger charge is 2.21. The molecule has 0 radical (unpaired) electrons. The predicted octanol–water partition coefficient (Wildman–Crippen LogP) is 2.66. The Balaban J connectivity index is 2.09. The molecule has 0 aromatic carbocycles. The highest BCUT2D eigenvalue weighted by atomic mass is 16.4. The summed E-state index contributed by atoms with van der Waals surface area (Å²) >= 11 is 0. The minimum Gasteiger partial charge on any atom is -0.475 e. The van der Waals surface area contributed by atoms with E-state index in [0.29, 0.717) is 6.04 Å². The second-order valence-electron chi connectivity index (χ2n) is 4.81. The molecular weight excluding hydrogens is 218 g/mol. The van der Waals surface area contributed by atoms with Gasteiger partial charge in [0.1, 0.15) is 5.76 Å². The average molecular weight is 237 g/mol. The highest BCUT2D eigenvalue weighted by molar-refractivity contribution is 5.84. The van der Waals surface area contributed by atoms with Gasteiger partial charge in [0.2, 0.25) is 5.76 Å². The Morgan fingerprint density at radius 1 is 1.59 bits per heavy atom. The van der Waals surface area contributed by atoms with Gasteiger partial charge in [0.05, 0.1) is 0 Å². The van der Waals surface area contributed by atoms with Gasteiger partial charge in [-0.05, 0) is 39.3 Å². The molecule has 1 aliphatic rings. The van der Waals surface area contributed by atoms with Gasteiger partial charge in [-0.15, -0.1) is 0 Å². The molecular formula is C13H19NO3. The Labute approximate surface area is 101 Å². The van der Waals surface area contributed by atoms with Crippen molar-refractivity contribution in [3.05, 3.63) is 23.2 Å². The van der Waals surface area contributed by atoms with Crippen molar-refractivity contribution in [3.63, 3.8) is 0 Å². The molecule has 1 atom stereocenters. The summed E-state index contributed by atoms with van der Waals surface area (Å²) in [6, 6.07) is 2.23. The van der Waals surface area contributed by atoms with Gasteiger partial charge in [-0.2, -0.15) is 0 Å². The quantitative estimate of drug-likeness (QED) is 0.878. The van der Waals surface area contributed by atoms with Crippen LogP contribution in [0.15, 0.2) is 10.5 Å². The van der Waals surface area contributed by atoms with Crippen LogP contribution in [0.25, 0.3) is 0 Å². The third kappa shape index (κ3) is 2.69. The summed E-state index contributed by atoms with van der Waals surface area (Å²) in [5.41, 5.74) is 0.996. The van der Waals surface area contributed by atoms with Crippen LogP contribution in [0.1, 0.15) is 48.1 Å². The fraction of sp³-hybridized carbons (Fsp3) is 0.615. The number of aromatic carboxylic acids is 1. The van der Waals surface area contributed by atoms with Crippen LogP contribution in [-0.4, -0.2) is 28.6 Å². The molecule has 1 fully saturated rings. The predicted molar refractivity (Wildman–Crippen MR) is 64.1 cm³/mol. The second-order valence-corrected chi connectivity index (χ2v) is 4.81. The first-order valence-corrected chi connectivity index (χ1v) is 6.14. The largest absolute Gasteiger partial charge is 0.475 e. The Bertz CT molecular complexity index is 411. The third-order valence-electron chi connectivity index (χ3n) is 3.55. The molecule has 1 saturated heterocycles. The maximum absolute atomic E-state index is 10.8. The van der Waals surface area contributed by atoms with Crippen molar-refractivity contribution in [1.29, 1.82) is 0 Å². The molecule has 1 aromatic rings. The maximum Gasteiger partial charge on any atom is 0.371 e. The van der Waals surface area contributed by atoms with Gasteiger partial charge < -0.3 is 9.52 Å². The van der Waals surface area contributed by atoms with Crippen molar-refractivity contribution in [1.82, 2.24) is 4.90 Å². The minimum absolute atomic E-state index is 0.0437. The van der Waals surface area contributed by atoms with E-state index in [-0.39, 0.29) is 5.76 Å². The zero-order chi connectivity index (χ0) is 12.4. The zero-order valence-corrected chi connectivity index (χ0v) is 10.4. The van der Waals surface area contributed by atoms with Crippen molar-refractivity contribution in [3.8, 4) is 0 Å². The molecule has 4 heteroatoms. The zero-order valence-electron chi connectivity index (χ0n) is 10.4. The number of carbonyl (C=O) groups is 1. The monoisotopic (exact) mass is 237 g/mol. The van der Waals surface area contributed by atoms with Gasteiger partial charge >= 0.3 is 5.97 Å². The van der Waals surface area contributed by atoms with Gasteiger partial charge in [-0.1, -0.05) is 6.42 Å². The van der Waals surface area contributed by atoms with Gasteiger partial charge in [-0.25, -0.2) is 4.79 Å². The Hall–Kier alpha value is -1.29. The number of aryl methyl sites for hydroxylation is 1.